The first-order valence-corrected chi connectivity index (χ1v) is 9.38. The minimum absolute atomic E-state index is 0.141. The van der Waals surface area contributed by atoms with Crippen LogP contribution in [0.4, 0.5) is 0 Å². The highest BCUT2D eigenvalue weighted by molar-refractivity contribution is 5.80. The van der Waals surface area contributed by atoms with E-state index in [0.717, 1.165) is 24.2 Å². The molecule has 0 saturated heterocycles. The topological polar surface area (TPSA) is 56.8 Å². The quantitative estimate of drug-likeness (QED) is 0.809. The van der Waals surface area contributed by atoms with Crippen molar-refractivity contribution >= 4 is 5.91 Å². The number of methoxy groups -OCH3 is 2. The van der Waals surface area contributed by atoms with Gasteiger partial charge in [0, 0.05) is 6.54 Å². The molecule has 1 aliphatic rings. The van der Waals surface area contributed by atoms with Gasteiger partial charge in [0.25, 0.3) is 5.91 Å². The van der Waals surface area contributed by atoms with Gasteiger partial charge in [0.15, 0.2) is 17.6 Å². The van der Waals surface area contributed by atoms with Crippen molar-refractivity contribution in [1.29, 1.82) is 0 Å². The average Bonchev–Trinajstić information content (AvgIpc) is 2.71. The Kier molecular flexibility index (Phi) is 6.22. The summed E-state index contributed by atoms with van der Waals surface area (Å²) < 4.78 is 16.5. The second kappa shape index (κ2) is 8.80. The zero-order valence-electron chi connectivity index (χ0n) is 16.2. The van der Waals surface area contributed by atoms with Crippen LogP contribution in [0, 0.1) is 0 Å². The first-order chi connectivity index (χ1) is 13.1. The summed E-state index contributed by atoms with van der Waals surface area (Å²) in [4.78, 5) is 12.5. The van der Waals surface area contributed by atoms with Crippen LogP contribution < -0.4 is 19.5 Å². The standard InChI is InChI=1S/C22H27NO4/c1-15(27-19-10-6-8-17-7-4-5-9-18(17)19)22(24)23-14-16-11-12-20(25-2)21(13-16)26-3/h6,8,10-13,15H,4-5,7,9,14H2,1-3H3,(H,23,24). The molecule has 0 heterocycles. The Hall–Kier alpha value is -2.69. The van der Waals surface area contributed by atoms with Crippen molar-refractivity contribution < 1.29 is 19.0 Å². The molecule has 0 spiro atoms. The Morgan fingerprint density at radius 2 is 1.81 bits per heavy atom. The molecule has 1 unspecified atom stereocenters. The van der Waals surface area contributed by atoms with Crippen molar-refractivity contribution in [3.05, 3.63) is 53.1 Å². The van der Waals surface area contributed by atoms with Crippen molar-refractivity contribution in [2.75, 3.05) is 14.2 Å². The summed E-state index contributed by atoms with van der Waals surface area (Å²) in [6, 6.07) is 11.7. The van der Waals surface area contributed by atoms with Crippen molar-refractivity contribution in [3.63, 3.8) is 0 Å². The highest BCUT2D eigenvalue weighted by Crippen LogP contribution is 2.30. The van der Waals surface area contributed by atoms with E-state index in [2.05, 4.69) is 11.4 Å². The fourth-order valence-corrected chi connectivity index (χ4v) is 3.42. The molecule has 27 heavy (non-hydrogen) atoms. The van der Waals surface area contributed by atoms with Gasteiger partial charge in [-0.05, 0) is 67.5 Å². The summed E-state index contributed by atoms with van der Waals surface area (Å²) in [5.41, 5.74) is 3.53. The first kappa shape index (κ1) is 19.1. The minimum atomic E-state index is -0.557. The Morgan fingerprint density at radius 1 is 1.04 bits per heavy atom. The van der Waals surface area contributed by atoms with Gasteiger partial charge in [-0.1, -0.05) is 18.2 Å². The number of carbonyl (C=O) groups is 1. The van der Waals surface area contributed by atoms with Crippen LogP contribution in [0.5, 0.6) is 17.2 Å². The summed E-state index contributed by atoms with van der Waals surface area (Å²) in [7, 11) is 3.19. The fourth-order valence-electron chi connectivity index (χ4n) is 3.42. The number of benzene rings is 2. The molecule has 3 rings (SSSR count). The molecule has 1 amide bonds. The lowest BCUT2D eigenvalue weighted by Crippen LogP contribution is -2.36. The normalized spacial score (nSPS) is 14.0. The van der Waals surface area contributed by atoms with Gasteiger partial charge in [0.05, 0.1) is 14.2 Å². The highest BCUT2D eigenvalue weighted by atomic mass is 16.5. The monoisotopic (exact) mass is 369 g/mol. The number of aryl methyl sites for hydroxylation is 1. The smallest absolute Gasteiger partial charge is 0.261 e. The van der Waals surface area contributed by atoms with Gasteiger partial charge in [-0.3, -0.25) is 4.79 Å². The molecule has 0 saturated carbocycles. The Labute approximate surface area is 160 Å². The third-order valence-corrected chi connectivity index (χ3v) is 4.94. The van der Waals surface area contributed by atoms with Crippen molar-refractivity contribution in [2.45, 2.75) is 45.3 Å². The van der Waals surface area contributed by atoms with Gasteiger partial charge in [0.2, 0.25) is 0 Å². The lowest BCUT2D eigenvalue weighted by atomic mass is 9.91. The first-order valence-electron chi connectivity index (χ1n) is 9.38. The number of carbonyl (C=O) groups excluding carboxylic acids is 1. The molecule has 0 radical (unpaired) electrons. The highest BCUT2D eigenvalue weighted by Gasteiger charge is 2.19. The largest absolute Gasteiger partial charge is 0.493 e. The summed E-state index contributed by atoms with van der Waals surface area (Å²) in [6.07, 6.45) is 3.95. The molecule has 0 bridgehead atoms. The van der Waals surface area contributed by atoms with E-state index in [9.17, 15) is 4.79 Å². The number of amides is 1. The van der Waals surface area contributed by atoms with E-state index in [1.807, 2.05) is 30.3 Å². The predicted molar refractivity (Wildman–Crippen MR) is 105 cm³/mol. The molecule has 5 heteroatoms. The van der Waals surface area contributed by atoms with E-state index in [1.165, 1.54) is 24.0 Å². The molecule has 0 aromatic heterocycles. The van der Waals surface area contributed by atoms with E-state index in [4.69, 9.17) is 14.2 Å². The van der Waals surface area contributed by atoms with Gasteiger partial charge >= 0.3 is 0 Å². The Bertz CT molecular complexity index is 803. The predicted octanol–water partition coefficient (Wildman–Crippen LogP) is 3.67. The maximum absolute atomic E-state index is 12.5. The summed E-state index contributed by atoms with van der Waals surface area (Å²) in [5.74, 6) is 2.00. The van der Waals surface area contributed by atoms with E-state index in [-0.39, 0.29) is 5.91 Å². The maximum atomic E-state index is 12.5. The third kappa shape index (κ3) is 4.54. The SMILES string of the molecule is COc1ccc(CNC(=O)C(C)Oc2cccc3c2CCCC3)cc1OC. The Balaban J connectivity index is 1.60. The van der Waals surface area contributed by atoms with Crippen molar-refractivity contribution in [3.8, 4) is 17.2 Å². The number of ether oxygens (including phenoxy) is 3. The van der Waals surface area contributed by atoms with Crippen LogP contribution in [0.15, 0.2) is 36.4 Å². The van der Waals surface area contributed by atoms with Crippen LogP contribution in [0.3, 0.4) is 0 Å². The number of hydrogen-bond acceptors (Lipinski definition) is 4. The Morgan fingerprint density at radius 3 is 2.59 bits per heavy atom. The van der Waals surface area contributed by atoms with Gasteiger partial charge in [-0.25, -0.2) is 0 Å². The lowest BCUT2D eigenvalue weighted by Gasteiger charge is -2.22. The number of hydrogen-bond donors (Lipinski definition) is 1. The maximum Gasteiger partial charge on any atom is 0.261 e. The van der Waals surface area contributed by atoms with E-state index < -0.39 is 6.10 Å². The number of nitrogens with one attached hydrogen (secondary N) is 1. The second-order valence-corrected chi connectivity index (χ2v) is 6.77. The molecular weight excluding hydrogens is 342 g/mol. The summed E-state index contributed by atoms with van der Waals surface area (Å²) in [5, 5.41) is 2.93. The lowest BCUT2D eigenvalue weighted by molar-refractivity contribution is -0.127. The second-order valence-electron chi connectivity index (χ2n) is 6.77. The molecule has 0 fully saturated rings. The fraction of sp³-hybridized carbons (Fsp3) is 0.409. The van der Waals surface area contributed by atoms with Crippen LogP contribution >= 0.6 is 0 Å². The molecule has 2 aromatic rings. The third-order valence-electron chi connectivity index (χ3n) is 4.94. The van der Waals surface area contributed by atoms with Crippen LogP contribution in [0.25, 0.3) is 0 Å². The van der Waals surface area contributed by atoms with Crippen molar-refractivity contribution in [1.82, 2.24) is 5.32 Å². The van der Waals surface area contributed by atoms with Gasteiger partial charge in [-0.15, -0.1) is 0 Å². The van der Waals surface area contributed by atoms with Crippen LogP contribution in [-0.4, -0.2) is 26.2 Å². The van der Waals surface area contributed by atoms with Gasteiger partial charge in [0.1, 0.15) is 5.75 Å². The van der Waals surface area contributed by atoms with Crippen LogP contribution in [0.2, 0.25) is 0 Å². The molecule has 0 aliphatic heterocycles. The van der Waals surface area contributed by atoms with Crippen molar-refractivity contribution in [2.24, 2.45) is 0 Å². The van der Waals surface area contributed by atoms with E-state index >= 15 is 0 Å². The van der Waals surface area contributed by atoms with E-state index in [0.29, 0.717) is 18.0 Å². The average molecular weight is 369 g/mol. The molecular formula is C22H27NO4. The number of rotatable bonds is 7. The zero-order chi connectivity index (χ0) is 19.2. The summed E-state index contributed by atoms with van der Waals surface area (Å²) in [6.45, 7) is 2.19. The zero-order valence-corrected chi connectivity index (χ0v) is 16.2. The van der Waals surface area contributed by atoms with Gasteiger partial charge < -0.3 is 19.5 Å². The molecule has 1 aliphatic carbocycles. The van der Waals surface area contributed by atoms with E-state index in [1.54, 1.807) is 21.1 Å². The molecule has 1 atom stereocenters. The minimum Gasteiger partial charge on any atom is -0.493 e. The summed E-state index contributed by atoms with van der Waals surface area (Å²) >= 11 is 0. The number of fused-ring (bicyclic) bond motifs is 1. The van der Waals surface area contributed by atoms with Gasteiger partial charge in [-0.2, -0.15) is 0 Å². The molecule has 2 aromatic carbocycles. The van der Waals surface area contributed by atoms with Crippen LogP contribution in [-0.2, 0) is 24.2 Å². The molecule has 1 N–H and O–H groups in total. The molecule has 5 nitrogen and oxygen atoms in total. The van der Waals surface area contributed by atoms with Crippen LogP contribution in [0.1, 0.15) is 36.5 Å². The molecule has 144 valence electrons.